The summed E-state index contributed by atoms with van der Waals surface area (Å²) in [5.74, 6) is 3.90. The van der Waals surface area contributed by atoms with Gasteiger partial charge in [0.2, 0.25) is 6.29 Å². The van der Waals surface area contributed by atoms with Crippen LogP contribution < -0.4 is 4.74 Å². The highest BCUT2D eigenvalue weighted by atomic mass is 16.7. The molecule has 1 aromatic rings. The van der Waals surface area contributed by atoms with Gasteiger partial charge in [0.05, 0.1) is 6.10 Å². The maximum absolute atomic E-state index is 6.34. The van der Waals surface area contributed by atoms with Crippen molar-refractivity contribution in [1.29, 1.82) is 0 Å². The van der Waals surface area contributed by atoms with Crippen LogP contribution in [0.4, 0.5) is 0 Å². The van der Waals surface area contributed by atoms with E-state index in [1.807, 2.05) is 0 Å². The van der Waals surface area contributed by atoms with Gasteiger partial charge in [-0.1, -0.05) is 19.1 Å². The van der Waals surface area contributed by atoms with E-state index in [0.29, 0.717) is 5.41 Å². The Hall–Kier alpha value is -1.02. The Labute approximate surface area is 153 Å². The lowest BCUT2D eigenvalue weighted by Gasteiger charge is -2.57. The van der Waals surface area contributed by atoms with E-state index in [0.717, 1.165) is 36.3 Å². The first-order valence-corrected chi connectivity index (χ1v) is 10.4. The van der Waals surface area contributed by atoms with Crippen LogP contribution in [0.1, 0.15) is 71.3 Å². The lowest BCUT2D eigenvalue weighted by atomic mass is 9.49. The van der Waals surface area contributed by atoms with Crippen molar-refractivity contribution in [2.45, 2.75) is 84.5 Å². The van der Waals surface area contributed by atoms with Crippen LogP contribution in [0.15, 0.2) is 24.3 Å². The third kappa shape index (κ3) is 3.89. The third-order valence-corrected chi connectivity index (χ3v) is 6.79. The van der Waals surface area contributed by atoms with Crippen LogP contribution in [0.25, 0.3) is 0 Å². The largest absolute Gasteiger partial charge is 0.465 e. The van der Waals surface area contributed by atoms with Crippen molar-refractivity contribution in [3.05, 3.63) is 29.8 Å². The predicted octanol–water partition coefficient (Wildman–Crippen LogP) is 5.99. The molecule has 4 aliphatic carbocycles. The Bertz CT molecular complexity index is 539. The van der Waals surface area contributed by atoms with E-state index >= 15 is 0 Å². The van der Waals surface area contributed by atoms with Gasteiger partial charge in [-0.05, 0) is 99.7 Å². The van der Waals surface area contributed by atoms with E-state index in [-0.39, 0.29) is 12.4 Å². The number of benzene rings is 1. The van der Waals surface area contributed by atoms with Gasteiger partial charge in [-0.2, -0.15) is 0 Å². The van der Waals surface area contributed by atoms with Gasteiger partial charge in [-0.25, -0.2) is 0 Å². The minimum atomic E-state index is -0.108. The quantitative estimate of drug-likeness (QED) is 0.567. The fourth-order valence-electron chi connectivity index (χ4n) is 6.27. The van der Waals surface area contributed by atoms with Gasteiger partial charge >= 0.3 is 0 Å². The van der Waals surface area contributed by atoms with Gasteiger partial charge in [-0.15, -0.1) is 0 Å². The van der Waals surface area contributed by atoms with E-state index in [1.54, 1.807) is 0 Å². The fraction of sp³-hybridized carbons (Fsp3) is 0.739. The molecular formula is C23H34O2. The molecule has 2 nitrogen and oxygen atoms in total. The van der Waals surface area contributed by atoms with Crippen molar-refractivity contribution in [3.8, 4) is 5.75 Å². The molecule has 0 spiro atoms. The first kappa shape index (κ1) is 17.4. The Morgan fingerprint density at radius 3 is 2.00 bits per heavy atom. The highest BCUT2D eigenvalue weighted by Gasteiger charge is 2.51. The second-order valence-corrected chi connectivity index (χ2v) is 9.35. The van der Waals surface area contributed by atoms with Crippen LogP contribution in [0.2, 0.25) is 0 Å². The van der Waals surface area contributed by atoms with Gasteiger partial charge in [0.15, 0.2) is 0 Å². The first-order valence-electron chi connectivity index (χ1n) is 10.4. The van der Waals surface area contributed by atoms with Crippen molar-refractivity contribution in [2.24, 2.45) is 23.2 Å². The zero-order chi connectivity index (χ0) is 17.4. The molecule has 4 bridgehead atoms. The van der Waals surface area contributed by atoms with E-state index in [1.165, 1.54) is 44.1 Å². The highest BCUT2D eigenvalue weighted by Crippen LogP contribution is 2.61. The molecule has 2 heteroatoms. The molecule has 0 saturated heterocycles. The third-order valence-electron chi connectivity index (χ3n) is 6.79. The summed E-state index contributed by atoms with van der Waals surface area (Å²) in [4.78, 5) is 0. The molecule has 138 valence electrons. The zero-order valence-electron chi connectivity index (χ0n) is 16.2. The number of hydrogen-bond donors (Lipinski definition) is 0. The van der Waals surface area contributed by atoms with Crippen molar-refractivity contribution in [2.75, 3.05) is 0 Å². The molecule has 25 heavy (non-hydrogen) atoms. The van der Waals surface area contributed by atoms with Crippen molar-refractivity contribution in [1.82, 2.24) is 0 Å². The molecule has 0 aliphatic heterocycles. The standard InChI is InChI=1S/C23H34O2/c1-4-17-5-7-21(8-6-17)25-22(24-16(2)3)15-23-12-18-9-19(13-23)11-20(10-18)14-23/h5-8,16,18-20,22H,4,9-15H2,1-3H3. The number of aryl methyl sites for hydroxylation is 1. The lowest BCUT2D eigenvalue weighted by molar-refractivity contribution is -0.157. The molecule has 5 rings (SSSR count). The topological polar surface area (TPSA) is 18.5 Å². The molecular weight excluding hydrogens is 308 g/mol. The average molecular weight is 343 g/mol. The van der Waals surface area contributed by atoms with Gasteiger partial charge in [0.1, 0.15) is 5.75 Å². The molecule has 0 radical (unpaired) electrons. The van der Waals surface area contributed by atoms with Gasteiger partial charge < -0.3 is 9.47 Å². The van der Waals surface area contributed by atoms with E-state index < -0.39 is 0 Å². The monoisotopic (exact) mass is 342 g/mol. The molecule has 4 aliphatic rings. The molecule has 0 heterocycles. The summed E-state index contributed by atoms with van der Waals surface area (Å²) in [6, 6.07) is 8.56. The maximum atomic E-state index is 6.34. The zero-order valence-corrected chi connectivity index (χ0v) is 16.2. The molecule has 1 unspecified atom stereocenters. The molecule has 0 aromatic heterocycles. The highest BCUT2D eigenvalue weighted by molar-refractivity contribution is 5.27. The normalized spacial score (nSPS) is 34.5. The molecule has 0 N–H and O–H groups in total. The second kappa shape index (κ2) is 6.95. The summed E-state index contributed by atoms with van der Waals surface area (Å²) < 4.78 is 12.6. The second-order valence-electron chi connectivity index (χ2n) is 9.35. The average Bonchev–Trinajstić information content (AvgIpc) is 2.53. The number of rotatable bonds is 7. The smallest absolute Gasteiger partial charge is 0.200 e. The molecule has 1 atom stereocenters. The van der Waals surface area contributed by atoms with Gasteiger partial charge in [0.25, 0.3) is 0 Å². The first-order chi connectivity index (χ1) is 12.0. The maximum Gasteiger partial charge on any atom is 0.200 e. The Kier molecular flexibility index (Phi) is 4.83. The van der Waals surface area contributed by atoms with Crippen LogP contribution in [-0.2, 0) is 11.2 Å². The van der Waals surface area contributed by atoms with Crippen molar-refractivity contribution in [3.63, 3.8) is 0 Å². The van der Waals surface area contributed by atoms with Crippen molar-refractivity contribution < 1.29 is 9.47 Å². The van der Waals surface area contributed by atoms with Crippen LogP contribution in [-0.4, -0.2) is 12.4 Å². The van der Waals surface area contributed by atoms with Crippen LogP contribution in [0.3, 0.4) is 0 Å². The van der Waals surface area contributed by atoms with Gasteiger partial charge in [0, 0.05) is 6.42 Å². The van der Waals surface area contributed by atoms with E-state index in [4.69, 9.17) is 9.47 Å². The minimum Gasteiger partial charge on any atom is -0.465 e. The summed E-state index contributed by atoms with van der Waals surface area (Å²) in [6.45, 7) is 6.43. The summed E-state index contributed by atoms with van der Waals surface area (Å²) in [5, 5.41) is 0. The SMILES string of the molecule is CCc1ccc(OC(CC23CC4CC(CC(C4)C2)C3)OC(C)C)cc1. The van der Waals surface area contributed by atoms with Crippen LogP contribution in [0.5, 0.6) is 5.75 Å². The van der Waals surface area contributed by atoms with Crippen molar-refractivity contribution >= 4 is 0 Å². The van der Waals surface area contributed by atoms with Crippen LogP contribution >= 0.6 is 0 Å². The lowest BCUT2D eigenvalue weighted by Crippen LogP contribution is -2.48. The summed E-state index contributed by atoms with van der Waals surface area (Å²) in [5.41, 5.74) is 1.84. The summed E-state index contributed by atoms with van der Waals surface area (Å²) in [7, 11) is 0. The summed E-state index contributed by atoms with van der Waals surface area (Å²) >= 11 is 0. The Morgan fingerprint density at radius 1 is 0.960 bits per heavy atom. The Morgan fingerprint density at radius 2 is 1.52 bits per heavy atom. The molecule has 4 fully saturated rings. The minimum absolute atomic E-state index is 0.108. The Balaban J connectivity index is 1.47. The van der Waals surface area contributed by atoms with Gasteiger partial charge in [-0.3, -0.25) is 0 Å². The van der Waals surface area contributed by atoms with Crippen LogP contribution in [0, 0.1) is 23.2 Å². The summed E-state index contributed by atoms with van der Waals surface area (Å²) in [6.07, 6.45) is 11.0. The fourth-order valence-corrected chi connectivity index (χ4v) is 6.27. The number of hydrogen-bond acceptors (Lipinski definition) is 2. The van der Waals surface area contributed by atoms with E-state index in [9.17, 15) is 0 Å². The molecule has 4 saturated carbocycles. The number of ether oxygens (including phenoxy) is 2. The molecule has 0 amide bonds. The molecule has 1 aromatic carbocycles. The predicted molar refractivity (Wildman–Crippen MR) is 102 cm³/mol. The van der Waals surface area contributed by atoms with E-state index in [2.05, 4.69) is 45.0 Å².